The van der Waals surface area contributed by atoms with Gasteiger partial charge in [0.15, 0.2) is 5.69 Å². The molecule has 1 amide bonds. The van der Waals surface area contributed by atoms with Crippen LogP contribution in [0.15, 0.2) is 72.8 Å². The highest BCUT2D eigenvalue weighted by molar-refractivity contribution is 5.88. The SMILES string of the molecule is [C-]#[N+]c1ccc(Cn2c(NCCCN3CCC(c4cccc(NC(C)=O)c4)CC3)nc3ccccc32)cc1. The molecule has 0 bridgehead atoms. The fourth-order valence-electron chi connectivity index (χ4n) is 5.30. The van der Waals surface area contributed by atoms with E-state index in [1.807, 2.05) is 48.5 Å². The number of nitrogens with zero attached hydrogens (tertiary/aromatic N) is 4. The Kier molecular flexibility index (Phi) is 8.01. The molecule has 3 aromatic carbocycles. The number of hydrogen-bond donors (Lipinski definition) is 2. The van der Waals surface area contributed by atoms with E-state index in [0.717, 1.165) is 73.7 Å². The van der Waals surface area contributed by atoms with Crippen LogP contribution in [0.3, 0.4) is 0 Å². The van der Waals surface area contributed by atoms with Gasteiger partial charge in [0.1, 0.15) is 0 Å². The average Bonchev–Trinajstić information content (AvgIpc) is 3.28. The van der Waals surface area contributed by atoms with Crippen molar-refractivity contribution < 1.29 is 4.79 Å². The fourth-order valence-corrected chi connectivity index (χ4v) is 5.30. The number of para-hydroxylation sites is 2. The van der Waals surface area contributed by atoms with Gasteiger partial charge in [0.2, 0.25) is 11.9 Å². The number of fused-ring (bicyclic) bond motifs is 1. The van der Waals surface area contributed by atoms with Crippen LogP contribution in [0.4, 0.5) is 17.3 Å². The van der Waals surface area contributed by atoms with Crippen molar-refractivity contribution in [1.82, 2.24) is 14.5 Å². The Morgan fingerprint density at radius 1 is 1.05 bits per heavy atom. The second kappa shape index (κ2) is 11.9. The Morgan fingerprint density at radius 3 is 2.61 bits per heavy atom. The van der Waals surface area contributed by atoms with Crippen LogP contribution in [-0.2, 0) is 11.3 Å². The van der Waals surface area contributed by atoms with E-state index < -0.39 is 0 Å². The Balaban J connectivity index is 1.14. The van der Waals surface area contributed by atoms with E-state index in [0.29, 0.717) is 18.2 Å². The monoisotopic (exact) mass is 506 g/mol. The number of carbonyl (C=O) groups is 1. The van der Waals surface area contributed by atoms with Crippen LogP contribution in [0.25, 0.3) is 15.9 Å². The van der Waals surface area contributed by atoms with Gasteiger partial charge in [-0.25, -0.2) is 9.83 Å². The molecule has 0 spiro atoms. The highest BCUT2D eigenvalue weighted by Gasteiger charge is 2.20. The fraction of sp³-hybridized carbons (Fsp3) is 0.323. The van der Waals surface area contributed by atoms with Crippen LogP contribution in [0, 0.1) is 6.57 Å². The minimum atomic E-state index is -0.0311. The van der Waals surface area contributed by atoms with Gasteiger partial charge in [0, 0.05) is 19.2 Å². The highest BCUT2D eigenvalue weighted by Crippen LogP contribution is 2.29. The lowest BCUT2D eigenvalue weighted by Crippen LogP contribution is -2.34. The summed E-state index contributed by atoms with van der Waals surface area (Å²) in [4.78, 5) is 22.3. The predicted molar refractivity (Wildman–Crippen MR) is 154 cm³/mol. The van der Waals surface area contributed by atoms with Crippen LogP contribution in [0.1, 0.15) is 43.2 Å². The summed E-state index contributed by atoms with van der Waals surface area (Å²) in [5, 5.41) is 6.48. The Bertz CT molecular complexity index is 1430. The van der Waals surface area contributed by atoms with Crippen molar-refractivity contribution >= 4 is 34.3 Å². The number of amides is 1. The largest absolute Gasteiger partial charge is 0.356 e. The number of imidazole rings is 1. The number of likely N-dealkylation sites (tertiary alicyclic amines) is 1. The Labute approximate surface area is 224 Å². The molecular formula is C31H34N6O. The maximum absolute atomic E-state index is 11.4. The lowest BCUT2D eigenvalue weighted by Gasteiger charge is -2.32. The van der Waals surface area contributed by atoms with Crippen LogP contribution in [0.2, 0.25) is 0 Å². The first-order valence-electron chi connectivity index (χ1n) is 13.3. The van der Waals surface area contributed by atoms with E-state index in [2.05, 4.69) is 49.2 Å². The molecule has 1 aromatic heterocycles. The van der Waals surface area contributed by atoms with Gasteiger partial charge in [0.25, 0.3) is 0 Å². The average molecular weight is 507 g/mol. The molecule has 0 atom stereocenters. The zero-order valence-corrected chi connectivity index (χ0v) is 21.9. The van der Waals surface area contributed by atoms with Crippen molar-refractivity contribution in [2.24, 2.45) is 0 Å². The molecule has 1 aliphatic heterocycles. The number of carbonyl (C=O) groups excluding carboxylic acids is 1. The van der Waals surface area contributed by atoms with Gasteiger partial charge in [-0.2, -0.15) is 0 Å². The summed E-state index contributed by atoms with van der Waals surface area (Å²) < 4.78 is 2.22. The molecule has 5 rings (SSSR count). The van der Waals surface area contributed by atoms with Gasteiger partial charge in [-0.15, -0.1) is 0 Å². The molecule has 38 heavy (non-hydrogen) atoms. The summed E-state index contributed by atoms with van der Waals surface area (Å²) in [5.74, 6) is 1.40. The van der Waals surface area contributed by atoms with E-state index in [-0.39, 0.29) is 5.91 Å². The van der Waals surface area contributed by atoms with E-state index in [1.54, 1.807) is 6.92 Å². The molecule has 1 aliphatic rings. The van der Waals surface area contributed by atoms with E-state index in [4.69, 9.17) is 11.6 Å². The van der Waals surface area contributed by atoms with Crippen LogP contribution < -0.4 is 10.6 Å². The highest BCUT2D eigenvalue weighted by atomic mass is 16.1. The topological polar surface area (TPSA) is 66.6 Å². The van der Waals surface area contributed by atoms with Crippen molar-refractivity contribution in [3.05, 3.63) is 95.3 Å². The van der Waals surface area contributed by atoms with Crippen LogP contribution in [0.5, 0.6) is 0 Å². The molecule has 2 heterocycles. The second-order valence-corrected chi connectivity index (χ2v) is 9.99. The number of aromatic nitrogens is 2. The lowest BCUT2D eigenvalue weighted by atomic mass is 9.89. The molecule has 7 nitrogen and oxygen atoms in total. The quantitative estimate of drug-likeness (QED) is 0.207. The molecule has 1 fully saturated rings. The van der Waals surface area contributed by atoms with E-state index in [1.165, 1.54) is 5.56 Å². The lowest BCUT2D eigenvalue weighted by molar-refractivity contribution is -0.114. The third-order valence-electron chi connectivity index (χ3n) is 7.26. The molecule has 0 aliphatic carbocycles. The predicted octanol–water partition coefficient (Wildman–Crippen LogP) is 6.28. The van der Waals surface area contributed by atoms with Gasteiger partial charge in [0.05, 0.1) is 24.2 Å². The van der Waals surface area contributed by atoms with Crippen molar-refractivity contribution in [2.45, 2.75) is 38.6 Å². The summed E-state index contributed by atoms with van der Waals surface area (Å²) in [6.07, 6.45) is 3.32. The van der Waals surface area contributed by atoms with Gasteiger partial charge in [-0.1, -0.05) is 48.5 Å². The maximum atomic E-state index is 11.4. The summed E-state index contributed by atoms with van der Waals surface area (Å²) in [7, 11) is 0. The van der Waals surface area contributed by atoms with E-state index in [9.17, 15) is 4.79 Å². The first kappa shape index (κ1) is 25.5. The first-order chi connectivity index (χ1) is 18.6. The van der Waals surface area contributed by atoms with Gasteiger partial charge in [-0.05, 0) is 80.2 Å². The number of anilines is 2. The molecule has 0 unspecified atom stereocenters. The molecule has 0 saturated carbocycles. The normalized spacial score (nSPS) is 14.3. The van der Waals surface area contributed by atoms with Crippen molar-refractivity contribution in [1.29, 1.82) is 0 Å². The zero-order valence-electron chi connectivity index (χ0n) is 21.9. The zero-order chi connectivity index (χ0) is 26.3. The molecule has 1 saturated heterocycles. The molecular weight excluding hydrogens is 472 g/mol. The first-order valence-corrected chi connectivity index (χ1v) is 13.3. The number of hydrogen-bond acceptors (Lipinski definition) is 4. The molecule has 4 aromatic rings. The molecule has 0 radical (unpaired) electrons. The second-order valence-electron chi connectivity index (χ2n) is 9.99. The van der Waals surface area contributed by atoms with E-state index >= 15 is 0 Å². The number of rotatable bonds is 9. The summed E-state index contributed by atoms with van der Waals surface area (Å²) in [6, 6.07) is 24.3. The number of benzene rings is 3. The summed E-state index contributed by atoms with van der Waals surface area (Å²) in [6.45, 7) is 13.5. The number of nitrogens with one attached hydrogen (secondary N) is 2. The Morgan fingerprint density at radius 2 is 1.84 bits per heavy atom. The molecule has 2 N–H and O–H groups in total. The van der Waals surface area contributed by atoms with Gasteiger partial charge in [-0.3, -0.25) is 4.79 Å². The Hall–Kier alpha value is -4.15. The van der Waals surface area contributed by atoms with Crippen molar-refractivity contribution in [3.8, 4) is 0 Å². The van der Waals surface area contributed by atoms with Gasteiger partial charge >= 0.3 is 0 Å². The third kappa shape index (κ3) is 6.21. The van der Waals surface area contributed by atoms with Gasteiger partial charge < -0.3 is 20.1 Å². The van der Waals surface area contributed by atoms with Crippen molar-refractivity contribution in [2.75, 3.05) is 36.8 Å². The summed E-state index contributed by atoms with van der Waals surface area (Å²) in [5.41, 5.74) is 6.10. The van der Waals surface area contributed by atoms with Crippen molar-refractivity contribution in [3.63, 3.8) is 0 Å². The minimum absolute atomic E-state index is 0.0311. The minimum Gasteiger partial charge on any atom is -0.356 e. The standard InChI is InChI=1S/C31H34N6O/c1-23(38)34-28-8-5-7-26(21-28)25-15-19-36(20-16-25)18-6-17-33-31-35-29-9-3-4-10-30(29)37(31)22-24-11-13-27(32-2)14-12-24/h3-5,7-14,21,25H,6,15-20,22H2,1H3,(H,33,35)(H,34,38). The summed E-state index contributed by atoms with van der Waals surface area (Å²) >= 11 is 0. The maximum Gasteiger partial charge on any atom is 0.221 e. The number of piperidine rings is 1. The van der Waals surface area contributed by atoms with Crippen LogP contribution in [-0.4, -0.2) is 46.5 Å². The van der Waals surface area contributed by atoms with Crippen LogP contribution >= 0.6 is 0 Å². The smallest absolute Gasteiger partial charge is 0.221 e. The molecule has 194 valence electrons. The third-order valence-corrected chi connectivity index (χ3v) is 7.26. The molecule has 7 heteroatoms.